The third-order valence-electron chi connectivity index (χ3n) is 5.06. The van der Waals surface area contributed by atoms with Gasteiger partial charge in [0, 0.05) is 18.3 Å². The lowest BCUT2D eigenvalue weighted by Gasteiger charge is -2.38. The normalized spacial score (nSPS) is 25.9. The Balaban J connectivity index is 1.70. The highest BCUT2D eigenvalue weighted by Gasteiger charge is 2.34. The van der Waals surface area contributed by atoms with Crippen LogP contribution >= 0.6 is 0 Å². The van der Waals surface area contributed by atoms with Crippen LogP contribution in [0.3, 0.4) is 0 Å². The lowest BCUT2D eigenvalue weighted by atomic mass is 9.82. The Morgan fingerprint density at radius 3 is 2.48 bits per heavy atom. The van der Waals surface area contributed by atoms with Crippen molar-refractivity contribution in [1.82, 2.24) is 4.90 Å². The van der Waals surface area contributed by atoms with Crippen molar-refractivity contribution < 1.29 is 4.79 Å². The average Bonchev–Trinajstić information content (AvgIpc) is 2.72. The Labute approximate surface area is 127 Å². The number of aryl methyl sites for hydroxylation is 1. The quantitative estimate of drug-likeness (QED) is 0.805. The van der Waals surface area contributed by atoms with Crippen LogP contribution < -0.4 is 5.32 Å². The van der Waals surface area contributed by atoms with Gasteiger partial charge in [0.2, 0.25) is 0 Å². The molecule has 0 unspecified atom stereocenters. The number of likely N-dealkylation sites (tertiary alicyclic amines) is 1. The van der Waals surface area contributed by atoms with Crippen LogP contribution in [0.5, 0.6) is 0 Å². The molecule has 3 nitrogen and oxygen atoms in total. The summed E-state index contributed by atoms with van der Waals surface area (Å²) in [6.45, 7) is 2.98. The van der Waals surface area contributed by atoms with Gasteiger partial charge >= 0.3 is 6.03 Å². The van der Waals surface area contributed by atoms with Crippen LogP contribution in [0.15, 0.2) is 24.3 Å². The maximum absolute atomic E-state index is 12.7. The molecule has 21 heavy (non-hydrogen) atoms. The molecule has 1 aromatic carbocycles. The Morgan fingerprint density at radius 1 is 1.05 bits per heavy atom. The maximum Gasteiger partial charge on any atom is 0.322 e. The number of urea groups is 1. The van der Waals surface area contributed by atoms with Gasteiger partial charge in [0.25, 0.3) is 0 Å². The first kappa shape index (κ1) is 14.4. The third kappa shape index (κ3) is 3.39. The summed E-state index contributed by atoms with van der Waals surface area (Å²) in [5, 5.41) is 3.09. The molecule has 1 aliphatic carbocycles. The van der Waals surface area contributed by atoms with Crippen molar-refractivity contribution in [3.63, 3.8) is 0 Å². The van der Waals surface area contributed by atoms with Crippen molar-refractivity contribution in [2.24, 2.45) is 5.92 Å². The number of rotatable bonds is 1. The first-order chi connectivity index (χ1) is 10.2. The largest absolute Gasteiger partial charge is 0.322 e. The second kappa shape index (κ2) is 6.50. The van der Waals surface area contributed by atoms with Gasteiger partial charge in [0.1, 0.15) is 0 Å². The smallest absolute Gasteiger partial charge is 0.321 e. The number of carbonyl (C=O) groups is 1. The number of carbonyl (C=O) groups excluding carboxylic acids is 1. The van der Waals surface area contributed by atoms with E-state index in [9.17, 15) is 4.79 Å². The monoisotopic (exact) mass is 286 g/mol. The summed E-state index contributed by atoms with van der Waals surface area (Å²) < 4.78 is 0. The van der Waals surface area contributed by atoms with E-state index in [4.69, 9.17) is 0 Å². The van der Waals surface area contributed by atoms with Gasteiger partial charge in [-0.3, -0.25) is 0 Å². The van der Waals surface area contributed by atoms with E-state index in [-0.39, 0.29) is 6.03 Å². The molecular formula is C18H26N2O. The van der Waals surface area contributed by atoms with E-state index < -0.39 is 0 Å². The molecule has 0 radical (unpaired) electrons. The van der Waals surface area contributed by atoms with Crippen LogP contribution in [0, 0.1) is 12.8 Å². The highest BCUT2D eigenvalue weighted by molar-refractivity contribution is 5.89. The first-order valence-corrected chi connectivity index (χ1v) is 8.38. The van der Waals surface area contributed by atoms with E-state index >= 15 is 0 Å². The summed E-state index contributed by atoms with van der Waals surface area (Å²) in [4.78, 5) is 14.8. The highest BCUT2D eigenvalue weighted by Crippen LogP contribution is 2.34. The standard InChI is InChI=1S/C18H26N2O/c1-14-9-11-16(12-10-14)19-18(21)20-13-5-4-7-15-6-2-3-8-17(15)20/h9-12,15,17H,2-8,13H2,1H3,(H,19,21)/t15-,17-/m0/s1. The van der Waals surface area contributed by atoms with Crippen molar-refractivity contribution in [2.75, 3.05) is 11.9 Å². The van der Waals surface area contributed by atoms with Crippen LogP contribution in [0.2, 0.25) is 0 Å². The van der Waals surface area contributed by atoms with E-state index in [1.165, 1.54) is 44.1 Å². The van der Waals surface area contributed by atoms with Crippen molar-refractivity contribution in [2.45, 2.75) is 57.9 Å². The van der Waals surface area contributed by atoms with Crippen LogP contribution in [0.25, 0.3) is 0 Å². The molecular weight excluding hydrogens is 260 g/mol. The number of hydrogen-bond donors (Lipinski definition) is 1. The van der Waals surface area contributed by atoms with Crippen molar-refractivity contribution in [3.05, 3.63) is 29.8 Å². The molecule has 2 atom stereocenters. The van der Waals surface area contributed by atoms with Gasteiger partial charge in [0.05, 0.1) is 0 Å². The molecule has 114 valence electrons. The Hall–Kier alpha value is -1.51. The molecule has 1 saturated heterocycles. The van der Waals surface area contributed by atoms with E-state index in [1.807, 2.05) is 24.3 Å². The molecule has 1 aliphatic heterocycles. The third-order valence-corrected chi connectivity index (χ3v) is 5.06. The minimum absolute atomic E-state index is 0.0950. The zero-order chi connectivity index (χ0) is 14.7. The number of hydrogen-bond acceptors (Lipinski definition) is 1. The second-order valence-corrected chi connectivity index (χ2v) is 6.60. The fourth-order valence-corrected chi connectivity index (χ4v) is 3.87. The molecule has 1 saturated carbocycles. The summed E-state index contributed by atoms with van der Waals surface area (Å²) >= 11 is 0. The van der Waals surface area contributed by atoms with Crippen molar-refractivity contribution in [1.29, 1.82) is 0 Å². The molecule has 3 rings (SSSR count). The van der Waals surface area contributed by atoms with E-state index in [2.05, 4.69) is 17.1 Å². The lowest BCUT2D eigenvalue weighted by Crippen LogP contribution is -2.47. The predicted molar refractivity (Wildman–Crippen MR) is 86.5 cm³/mol. The zero-order valence-electron chi connectivity index (χ0n) is 13.0. The molecule has 1 aromatic rings. The zero-order valence-corrected chi connectivity index (χ0v) is 13.0. The number of anilines is 1. The molecule has 2 amide bonds. The van der Waals surface area contributed by atoms with Crippen LogP contribution in [0.4, 0.5) is 10.5 Å². The van der Waals surface area contributed by atoms with Gasteiger partial charge in [-0.05, 0) is 50.7 Å². The van der Waals surface area contributed by atoms with E-state index in [0.717, 1.165) is 24.6 Å². The highest BCUT2D eigenvalue weighted by atomic mass is 16.2. The van der Waals surface area contributed by atoms with Crippen molar-refractivity contribution >= 4 is 11.7 Å². The molecule has 0 spiro atoms. The number of amides is 2. The van der Waals surface area contributed by atoms with Crippen LogP contribution in [0.1, 0.15) is 50.5 Å². The van der Waals surface area contributed by atoms with E-state index in [1.54, 1.807) is 0 Å². The summed E-state index contributed by atoms with van der Waals surface area (Å²) in [7, 11) is 0. The molecule has 2 fully saturated rings. The second-order valence-electron chi connectivity index (χ2n) is 6.60. The number of nitrogens with one attached hydrogen (secondary N) is 1. The SMILES string of the molecule is Cc1ccc(NC(=O)N2CCCC[C@@H]3CCCC[C@@H]32)cc1. The van der Waals surface area contributed by atoms with Crippen LogP contribution in [-0.4, -0.2) is 23.5 Å². The van der Waals surface area contributed by atoms with Gasteiger partial charge in [-0.1, -0.05) is 37.0 Å². The number of nitrogens with zero attached hydrogens (tertiary/aromatic N) is 1. The van der Waals surface area contributed by atoms with E-state index in [0.29, 0.717) is 6.04 Å². The number of benzene rings is 1. The van der Waals surface area contributed by atoms with Crippen LogP contribution in [-0.2, 0) is 0 Å². The minimum Gasteiger partial charge on any atom is -0.321 e. The molecule has 1 N–H and O–H groups in total. The topological polar surface area (TPSA) is 32.3 Å². The van der Waals surface area contributed by atoms with Gasteiger partial charge in [-0.2, -0.15) is 0 Å². The fraction of sp³-hybridized carbons (Fsp3) is 0.611. The molecule has 3 heteroatoms. The minimum atomic E-state index is 0.0950. The average molecular weight is 286 g/mol. The molecule has 0 aromatic heterocycles. The molecule has 1 heterocycles. The Bertz CT molecular complexity index is 482. The summed E-state index contributed by atoms with van der Waals surface area (Å²) in [6.07, 6.45) is 8.83. The summed E-state index contributed by atoms with van der Waals surface area (Å²) in [6, 6.07) is 8.62. The Morgan fingerprint density at radius 2 is 1.71 bits per heavy atom. The molecule has 2 aliphatic rings. The predicted octanol–water partition coefficient (Wildman–Crippen LogP) is 4.57. The Kier molecular flexibility index (Phi) is 4.47. The van der Waals surface area contributed by atoms with Gasteiger partial charge in [0.15, 0.2) is 0 Å². The van der Waals surface area contributed by atoms with Gasteiger partial charge in [-0.25, -0.2) is 4.79 Å². The number of fused-ring (bicyclic) bond motifs is 1. The fourth-order valence-electron chi connectivity index (χ4n) is 3.87. The first-order valence-electron chi connectivity index (χ1n) is 8.38. The summed E-state index contributed by atoms with van der Waals surface area (Å²) in [5.74, 6) is 0.727. The van der Waals surface area contributed by atoms with Gasteiger partial charge < -0.3 is 10.2 Å². The summed E-state index contributed by atoms with van der Waals surface area (Å²) in [5.41, 5.74) is 2.12. The molecule has 0 bridgehead atoms. The maximum atomic E-state index is 12.7. The lowest BCUT2D eigenvalue weighted by molar-refractivity contribution is 0.138. The van der Waals surface area contributed by atoms with Crippen molar-refractivity contribution in [3.8, 4) is 0 Å². The van der Waals surface area contributed by atoms with Gasteiger partial charge in [-0.15, -0.1) is 0 Å².